The highest BCUT2D eigenvalue weighted by atomic mass is 32.2. The van der Waals surface area contributed by atoms with Crippen LogP contribution in [-0.2, 0) is 17.1 Å². The lowest BCUT2D eigenvalue weighted by molar-refractivity contribution is -0.129. The first-order chi connectivity index (χ1) is 14.5. The van der Waals surface area contributed by atoms with Gasteiger partial charge in [0.25, 0.3) is 10.0 Å². The second kappa shape index (κ2) is 7.30. The molecule has 6 nitrogen and oxygen atoms in total. The van der Waals surface area contributed by atoms with Crippen molar-refractivity contribution < 1.29 is 21.6 Å². The lowest BCUT2D eigenvalue weighted by atomic mass is 10.1. The van der Waals surface area contributed by atoms with E-state index in [1.165, 1.54) is 18.2 Å². The molecule has 0 aliphatic carbocycles. The van der Waals surface area contributed by atoms with Crippen molar-refractivity contribution in [1.29, 1.82) is 0 Å². The molecule has 2 aromatic carbocycles. The number of fused-ring (bicyclic) bond motifs is 1. The lowest BCUT2D eigenvalue weighted by Crippen LogP contribution is -2.49. The zero-order valence-electron chi connectivity index (χ0n) is 17.2. The maximum absolute atomic E-state index is 13.5. The maximum Gasteiger partial charge on any atom is 0.485 e. The highest BCUT2D eigenvalue weighted by molar-refractivity contribution is 7.93. The van der Waals surface area contributed by atoms with Crippen molar-refractivity contribution in [3.63, 3.8) is 0 Å². The second-order valence-electron chi connectivity index (χ2n) is 7.52. The van der Waals surface area contributed by atoms with Crippen LogP contribution in [-0.4, -0.2) is 37.6 Å². The predicted molar refractivity (Wildman–Crippen MR) is 112 cm³/mol. The van der Waals surface area contributed by atoms with Gasteiger partial charge in [-0.2, -0.15) is 18.3 Å². The van der Waals surface area contributed by atoms with Crippen LogP contribution in [0.15, 0.2) is 53.7 Å². The van der Waals surface area contributed by atoms with Crippen LogP contribution >= 0.6 is 0 Å². The van der Waals surface area contributed by atoms with Crippen molar-refractivity contribution >= 4 is 21.4 Å². The number of aromatic nitrogens is 2. The maximum atomic E-state index is 13.5. The minimum Gasteiger partial charge on any atom is -0.280 e. The fourth-order valence-electron chi connectivity index (χ4n) is 3.92. The molecule has 0 saturated heterocycles. The minimum atomic E-state index is -4.60. The largest absolute Gasteiger partial charge is 0.485 e. The van der Waals surface area contributed by atoms with Crippen molar-refractivity contribution in [1.82, 2.24) is 9.78 Å². The van der Waals surface area contributed by atoms with Crippen molar-refractivity contribution in [2.24, 2.45) is 7.05 Å². The third-order valence-corrected chi connectivity index (χ3v) is 7.33. The summed E-state index contributed by atoms with van der Waals surface area (Å²) in [6.07, 6.45) is -1.10. The zero-order chi connectivity index (χ0) is 22.6. The van der Waals surface area contributed by atoms with E-state index in [1.807, 2.05) is 6.20 Å². The first-order valence-electron chi connectivity index (χ1n) is 9.56. The Labute approximate surface area is 178 Å². The number of hydrogen-bond acceptors (Lipinski definition) is 4. The average Bonchev–Trinajstić information content (AvgIpc) is 3.12. The SMILES string of the molecule is Cc1cc(-c2cnn(C)c2)ccc1S(=O)(=O)N1CCN(C(F)(F)F)c2cccc(C)c21. The summed E-state index contributed by atoms with van der Waals surface area (Å²) >= 11 is 0. The van der Waals surface area contributed by atoms with E-state index in [9.17, 15) is 21.6 Å². The Morgan fingerprint density at radius 1 is 1.00 bits per heavy atom. The number of sulfonamides is 1. The van der Waals surface area contributed by atoms with Gasteiger partial charge in [0, 0.05) is 25.4 Å². The molecule has 0 unspecified atom stereocenters. The van der Waals surface area contributed by atoms with Gasteiger partial charge < -0.3 is 0 Å². The Morgan fingerprint density at radius 3 is 2.35 bits per heavy atom. The summed E-state index contributed by atoms with van der Waals surface area (Å²) in [5.74, 6) is 0. The van der Waals surface area contributed by atoms with Gasteiger partial charge in [0.05, 0.1) is 29.0 Å². The number of benzene rings is 2. The minimum absolute atomic E-state index is 0.0572. The van der Waals surface area contributed by atoms with Gasteiger partial charge in [0.1, 0.15) is 0 Å². The van der Waals surface area contributed by atoms with Crippen molar-refractivity contribution in [2.45, 2.75) is 25.0 Å². The summed E-state index contributed by atoms with van der Waals surface area (Å²) in [5.41, 5.74) is 2.51. The molecule has 31 heavy (non-hydrogen) atoms. The predicted octanol–water partition coefficient (Wildman–Crippen LogP) is 4.24. The van der Waals surface area contributed by atoms with Gasteiger partial charge in [-0.15, -0.1) is 0 Å². The summed E-state index contributed by atoms with van der Waals surface area (Å²) in [6, 6.07) is 9.34. The highest BCUT2D eigenvalue weighted by Crippen LogP contribution is 2.43. The van der Waals surface area contributed by atoms with E-state index < -0.39 is 22.9 Å². The summed E-state index contributed by atoms with van der Waals surface area (Å²) in [5, 5.41) is 4.12. The molecule has 0 saturated carbocycles. The van der Waals surface area contributed by atoms with Crippen LogP contribution in [0.1, 0.15) is 11.1 Å². The Hall–Kier alpha value is -3.01. The van der Waals surface area contributed by atoms with E-state index in [1.54, 1.807) is 50.0 Å². The van der Waals surface area contributed by atoms with Gasteiger partial charge >= 0.3 is 6.30 Å². The molecular formula is C21H21F3N4O2S. The number of rotatable bonds is 3. The summed E-state index contributed by atoms with van der Waals surface area (Å²) in [7, 11) is -2.29. The topological polar surface area (TPSA) is 58.4 Å². The van der Waals surface area contributed by atoms with Crippen LogP contribution in [0.5, 0.6) is 0 Å². The molecule has 0 atom stereocenters. The van der Waals surface area contributed by atoms with Gasteiger partial charge in [-0.05, 0) is 48.7 Å². The van der Waals surface area contributed by atoms with E-state index in [4.69, 9.17) is 0 Å². The van der Waals surface area contributed by atoms with E-state index in [2.05, 4.69) is 5.10 Å². The molecule has 164 valence electrons. The van der Waals surface area contributed by atoms with Gasteiger partial charge in [-0.3, -0.25) is 13.9 Å². The first-order valence-corrected chi connectivity index (χ1v) is 11.0. The molecule has 1 aromatic heterocycles. The summed E-state index contributed by atoms with van der Waals surface area (Å²) < 4.78 is 70.4. The molecule has 0 bridgehead atoms. The molecular weight excluding hydrogens is 429 g/mol. The molecule has 1 aliphatic rings. The Kier molecular flexibility index (Phi) is 5.00. The smallest absolute Gasteiger partial charge is 0.280 e. The average molecular weight is 450 g/mol. The van der Waals surface area contributed by atoms with E-state index in [-0.39, 0.29) is 22.8 Å². The fourth-order valence-corrected chi connectivity index (χ4v) is 5.66. The van der Waals surface area contributed by atoms with Gasteiger partial charge in [0.15, 0.2) is 0 Å². The van der Waals surface area contributed by atoms with Gasteiger partial charge in [-0.25, -0.2) is 8.42 Å². The van der Waals surface area contributed by atoms with E-state index >= 15 is 0 Å². The number of para-hydroxylation sites is 1. The van der Waals surface area contributed by atoms with Crippen LogP contribution in [0.3, 0.4) is 0 Å². The van der Waals surface area contributed by atoms with Crippen molar-refractivity contribution in [3.8, 4) is 11.1 Å². The zero-order valence-corrected chi connectivity index (χ0v) is 18.0. The Balaban J connectivity index is 1.79. The summed E-state index contributed by atoms with van der Waals surface area (Å²) in [6.45, 7) is 2.51. The first kappa shape index (κ1) is 21.2. The molecule has 4 rings (SSSR count). The van der Waals surface area contributed by atoms with E-state index in [0.717, 1.165) is 15.4 Å². The van der Waals surface area contributed by atoms with Gasteiger partial charge in [0.2, 0.25) is 0 Å². The van der Waals surface area contributed by atoms with Crippen LogP contribution in [0.4, 0.5) is 24.5 Å². The summed E-state index contributed by atoms with van der Waals surface area (Å²) in [4.78, 5) is 0.356. The van der Waals surface area contributed by atoms with Crippen LogP contribution in [0, 0.1) is 13.8 Å². The monoisotopic (exact) mass is 450 g/mol. The number of hydrogen-bond donors (Lipinski definition) is 0. The standard InChI is InChI=1S/C21H21F3N4O2S/c1-14-5-4-6-18-20(14)28(10-9-27(18)21(22,23)24)31(29,30)19-8-7-16(11-15(19)2)17-12-25-26(3)13-17/h4-8,11-13H,9-10H2,1-3H3. The molecule has 3 aromatic rings. The second-order valence-corrected chi connectivity index (χ2v) is 9.35. The van der Waals surface area contributed by atoms with Gasteiger partial charge in [-0.1, -0.05) is 18.2 Å². The number of anilines is 2. The normalized spacial score (nSPS) is 14.6. The van der Waals surface area contributed by atoms with Crippen LogP contribution in [0.25, 0.3) is 11.1 Å². The number of aryl methyl sites for hydroxylation is 3. The van der Waals surface area contributed by atoms with E-state index in [0.29, 0.717) is 16.0 Å². The van der Waals surface area contributed by atoms with Crippen molar-refractivity contribution in [2.75, 3.05) is 22.3 Å². The quantitative estimate of drug-likeness (QED) is 0.560. The molecule has 1 aliphatic heterocycles. The van der Waals surface area contributed by atoms with Crippen molar-refractivity contribution in [3.05, 3.63) is 59.9 Å². The number of alkyl halides is 3. The third-order valence-electron chi connectivity index (χ3n) is 5.37. The number of halogens is 3. The third kappa shape index (κ3) is 3.65. The molecule has 0 N–H and O–H groups in total. The molecule has 0 amide bonds. The Morgan fingerprint density at radius 2 is 1.74 bits per heavy atom. The number of nitrogens with zero attached hydrogens (tertiary/aromatic N) is 4. The molecule has 10 heteroatoms. The van der Waals surface area contributed by atoms with Crippen LogP contribution in [0.2, 0.25) is 0 Å². The molecule has 2 heterocycles. The highest BCUT2D eigenvalue weighted by Gasteiger charge is 2.44. The molecule has 0 fully saturated rings. The lowest BCUT2D eigenvalue weighted by Gasteiger charge is -2.39. The fraction of sp³-hybridized carbons (Fsp3) is 0.286. The van der Waals surface area contributed by atoms with Crippen LogP contribution < -0.4 is 9.21 Å². The molecule has 0 spiro atoms. The Bertz CT molecular complexity index is 1250. The molecule has 0 radical (unpaired) electrons.